The average molecular weight is 309 g/mol. The van der Waals surface area contributed by atoms with Crippen molar-refractivity contribution in [2.75, 3.05) is 0 Å². The van der Waals surface area contributed by atoms with Crippen LogP contribution in [0.25, 0.3) is 0 Å². The first kappa shape index (κ1) is 14.6. The molecule has 0 spiro atoms. The van der Waals surface area contributed by atoms with E-state index in [4.69, 9.17) is 0 Å². The van der Waals surface area contributed by atoms with Crippen molar-refractivity contribution in [3.63, 3.8) is 0 Å². The van der Waals surface area contributed by atoms with Gasteiger partial charge >= 0.3 is 0 Å². The van der Waals surface area contributed by atoms with E-state index in [0.29, 0.717) is 0 Å². The fourth-order valence-corrected chi connectivity index (χ4v) is 3.47. The van der Waals surface area contributed by atoms with Gasteiger partial charge in [0, 0.05) is 24.6 Å². The molecular weight excluding hydrogens is 286 g/mol. The fourth-order valence-electron chi connectivity index (χ4n) is 3.47. The summed E-state index contributed by atoms with van der Waals surface area (Å²) in [6, 6.07) is 9.44. The van der Waals surface area contributed by atoms with Crippen LogP contribution in [0, 0.1) is 0 Å². The van der Waals surface area contributed by atoms with E-state index in [1.807, 2.05) is 0 Å². The summed E-state index contributed by atoms with van der Waals surface area (Å²) in [5, 5.41) is 10.6. The number of H-pyrrole nitrogens is 1. The topological polar surface area (TPSA) is 57.8 Å². The number of aromatic amines is 1. The van der Waals surface area contributed by atoms with Crippen LogP contribution in [0.15, 0.2) is 29.1 Å². The highest BCUT2D eigenvalue weighted by Crippen LogP contribution is 2.23. The first-order chi connectivity index (χ1) is 11.3. The van der Waals surface area contributed by atoms with Crippen LogP contribution in [0.2, 0.25) is 0 Å². The number of nitrogens with zero attached hydrogens (tertiary/aromatic N) is 1. The Morgan fingerprint density at radius 2 is 1.91 bits per heavy atom. The molecule has 1 saturated carbocycles. The Morgan fingerprint density at radius 1 is 1.13 bits per heavy atom. The Hall–Kier alpha value is -1.94. The van der Waals surface area contributed by atoms with Gasteiger partial charge in [-0.05, 0) is 55.2 Å². The summed E-state index contributed by atoms with van der Waals surface area (Å²) in [6.07, 6.45) is 7.59. The third-order valence-corrected chi connectivity index (χ3v) is 4.92. The van der Waals surface area contributed by atoms with E-state index >= 15 is 0 Å². The third-order valence-electron chi connectivity index (χ3n) is 4.92. The van der Waals surface area contributed by atoms with Gasteiger partial charge in [-0.1, -0.05) is 24.3 Å². The van der Waals surface area contributed by atoms with Crippen molar-refractivity contribution in [1.82, 2.24) is 15.5 Å². The number of benzene rings is 1. The quantitative estimate of drug-likeness (QED) is 0.892. The van der Waals surface area contributed by atoms with Crippen molar-refractivity contribution >= 4 is 0 Å². The monoisotopic (exact) mass is 309 g/mol. The van der Waals surface area contributed by atoms with Crippen LogP contribution in [0.5, 0.6) is 0 Å². The number of aromatic nitrogens is 2. The second kappa shape index (κ2) is 6.28. The zero-order valence-corrected chi connectivity index (χ0v) is 13.4. The fraction of sp³-hybridized carbons (Fsp3) is 0.474. The summed E-state index contributed by atoms with van der Waals surface area (Å²) in [7, 11) is 0. The minimum absolute atomic E-state index is 0.00540. The predicted octanol–water partition coefficient (Wildman–Crippen LogP) is 2.49. The predicted molar refractivity (Wildman–Crippen MR) is 90.6 cm³/mol. The van der Waals surface area contributed by atoms with Crippen LogP contribution in [0.4, 0.5) is 0 Å². The van der Waals surface area contributed by atoms with Gasteiger partial charge in [-0.3, -0.25) is 4.79 Å². The Kier molecular flexibility index (Phi) is 4.00. The second-order valence-electron chi connectivity index (χ2n) is 6.82. The molecule has 4 heteroatoms. The normalized spacial score (nSPS) is 17.0. The number of fused-ring (bicyclic) bond motifs is 1. The van der Waals surface area contributed by atoms with Crippen molar-refractivity contribution in [1.29, 1.82) is 0 Å². The largest absolute Gasteiger partial charge is 0.310 e. The molecule has 2 N–H and O–H groups in total. The van der Waals surface area contributed by atoms with Crippen molar-refractivity contribution in [3.8, 4) is 0 Å². The number of hydrogen-bond acceptors (Lipinski definition) is 3. The molecule has 0 bridgehead atoms. The van der Waals surface area contributed by atoms with E-state index < -0.39 is 0 Å². The maximum atomic E-state index is 12.0. The minimum Gasteiger partial charge on any atom is -0.310 e. The van der Waals surface area contributed by atoms with Gasteiger partial charge in [-0.15, -0.1) is 0 Å². The first-order valence-corrected chi connectivity index (χ1v) is 8.70. The lowest BCUT2D eigenvalue weighted by molar-refractivity contribution is 0.655. The van der Waals surface area contributed by atoms with Gasteiger partial charge in [0.05, 0.1) is 5.69 Å². The summed E-state index contributed by atoms with van der Waals surface area (Å²) in [4.78, 5) is 12.0. The lowest BCUT2D eigenvalue weighted by Gasteiger charge is -2.17. The van der Waals surface area contributed by atoms with Crippen LogP contribution in [-0.2, 0) is 25.8 Å². The molecule has 4 nitrogen and oxygen atoms in total. The average Bonchev–Trinajstić information content (AvgIpc) is 3.41. The molecule has 0 radical (unpaired) electrons. The summed E-state index contributed by atoms with van der Waals surface area (Å²) in [5.41, 5.74) is 5.81. The van der Waals surface area contributed by atoms with E-state index in [0.717, 1.165) is 55.9 Å². The van der Waals surface area contributed by atoms with Crippen LogP contribution < -0.4 is 10.9 Å². The highest BCUT2D eigenvalue weighted by Gasteiger charge is 2.20. The van der Waals surface area contributed by atoms with Gasteiger partial charge in [0.15, 0.2) is 0 Å². The molecule has 23 heavy (non-hydrogen) atoms. The van der Waals surface area contributed by atoms with E-state index in [9.17, 15) is 4.79 Å². The molecular formula is C19H23N3O. The SMILES string of the molecule is O=c1[nH]nc(Cc2cccc(CNC3CC3)c2)c2c1CCCC2. The van der Waals surface area contributed by atoms with Crippen molar-refractivity contribution in [3.05, 3.63) is 62.6 Å². The van der Waals surface area contributed by atoms with E-state index in [2.05, 4.69) is 39.8 Å². The molecule has 0 atom stereocenters. The highest BCUT2D eigenvalue weighted by molar-refractivity contribution is 5.35. The molecule has 4 rings (SSSR count). The standard InChI is InChI=1S/C19H23N3O/c23-19-17-7-2-1-6-16(17)18(21-22-19)11-13-4-3-5-14(10-13)12-20-15-8-9-15/h3-5,10,15,20H,1-2,6-9,11-12H2,(H,22,23). The molecule has 1 aromatic carbocycles. The Morgan fingerprint density at radius 3 is 2.74 bits per heavy atom. The zero-order valence-electron chi connectivity index (χ0n) is 13.4. The number of hydrogen-bond donors (Lipinski definition) is 2. The number of rotatable bonds is 5. The van der Waals surface area contributed by atoms with Gasteiger partial charge in [-0.25, -0.2) is 5.10 Å². The molecule has 120 valence electrons. The van der Waals surface area contributed by atoms with Gasteiger partial charge in [0.25, 0.3) is 5.56 Å². The molecule has 1 fully saturated rings. The van der Waals surface area contributed by atoms with E-state index in [-0.39, 0.29) is 5.56 Å². The maximum absolute atomic E-state index is 12.0. The van der Waals surface area contributed by atoms with E-state index in [1.165, 1.54) is 29.5 Å². The third kappa shape index (κ3) is 3.37. The molecule has 2 aliphatic rings. The van der Waals surface area contributed by atoms with Gasteiger partial charge in [0.1, 0.15) is 0 Å². The summed E-state index contributed by atoms with van der Waals surface area (Å²) >= 11 is 0. The molecule has 1 aromatic heterocycles. The Bertz CT molecular complexity index is 761. The summed E-state index contributed by atoms with van der Waals surface area (Å²) in [6.45, 7) is 0.940. The van der Waals surface area contributed by atoms with Gasteiger partial charge in [-0.2, -0.15) is 5.10 Å². The van der Waals surface area contributed by atoms with Gasteiger partial charge in [0.2, 0.25) is 0 Å². The minimum atomic E-state index is 0.00540. The molecule has 0 amide bonds. The first-order valence-electron chi connectivity index (χ1n) is 8.70. The smallest absolute Gasteiger partial charge is 0.267 e. The summed E-state index contributed by atoms with van der Waals surface area (Å²) in [5.74, 6) is 0. The Labute approximate surface area is 136 Å². The molecule has 0 saturated heterocycles. The van der Waals surface area contributed by atoms with Crippen molar-refractivity contribution in [2.45, 2.75) is 57.5 Å². The van der Waals surface area contributed by atoms with Crippen LogP contribution in [-0.4, -0.2) is 16.2 Å². The van der Waals surface area contributed by atoms with Crippen LogP contribution in [0.3, 0.4) is 0 Å². The lowest BCUT2D eigenvalue weighted by Crippen LogP contribution is -2.23. The van der Waals surface area contributed by atoms with E-state index in [1.54, 1.807) is 0 Å². The van der Waals surface area contributed by atoms with Crippen LogP contribution >= 0.6 is 0 Å². The second-order valence-corrected chi connectivity index (χ2v) is 6.82. The Balaban J connectivity index is 1.55. The van der Waals surface area contributed by atoms with Gasteiger partial charge < -0.3 is 5.32 Å². The molecule has 2 aromatic rings. The molecule has 1 heterocycles. The number of nitrogens with one attached hydrogen (secondary N) is 2. The van der Waals surface area contributed by atoms with Crippen LogP contribution in [0.1, 0.15) is 53.6 Å². The maximum Gasteiger partial charge on any atom is 0.267 e. The lowest BCUT2D eigenvalue weighted by atomic mass is 9.90. The molecule has 2 aliphatic carbocycles. The molecule has 0 unspecified atom stereocenters. The highest BCUT2D eigenvalue weighted by atomic mass is 16.1. The zero-order chi connectivity index (χ0) is 15.6. The molecule has 0 aliphatic heterocycles. The summed E-state index contributed by atoms with van der Waals surface area (Å²) < 4.78 is 0. The van der Waals surface area contributed by atoms with Crippen molar-refractivity contribution < 1.29 is 0 Å². The van der Waals surface area contributed by atoms with Crippen molar-refractivity contribution in [2.24, 2.45) is 0 Å².